The Balaban J connectivity index is 0.000000177. The van der Waals surface area contributed by atoms with Gasteiger partial charge in [-0.05, 0) is 98.2 Å². The van der Waals surface area contributed by atoms with Crippen LogP contribution in [0, 0.1) is 35.1 Å². The van der Waals surface area contributed by atoms with Gasteiger partial charge in [-0.25, -0.2) is 47.5 Å². The number of imidazole rings is 2. The second-order valence-corrected chi connectivity index (χ2v) is 18.6. The van der Waals surface area contributed by atoms with E-state index in [-0.39, 0.29) is 77.0 Å². The molecule has 2 aliphatic rings. The molecule has 8 heterocycles. The number of hydrogen-bond donors (Lipinski definition) is 1. The maximum atomic E-state index is 15.4. The van der Waals surface area contributed by atoms with E-state index in [9.17, 15) is 22.8 Å². The molecule has 2 N–H and O–H groups in total. The molecule has 0 amide bonds. The lowest BCUT2D eigenvalue weighted by atomic mass is 9.96. The molecule has 2 atom stereocenters. The first kappa shape index (κ1) is 52.2. The van der Waals surface area contributed by atoms with E-state index in [1.54, 1.807) is 64.9 Å². The van der Waals surface area contributed by atoms with Crippen molar-refractivity contribution in [2.24, 2.45) is 11.8 Å². The molecule has 8 aromatic rings. The van der Waals surface area contributed by atoms with E-state index < -0.39 is 23.3 Å². The summed E-state index contributed by atoms with van der Waals surface area (Å²) in [6.07, 6.45) is 14.9. The van der Waals surface area contributed by atoms with E-state index in [0.29, 0.717) is 69.4 Å². The molecule has 380 valence electrons. The van der Waals surface area contributed by atoms with Gasteiger partial charge in [0.2, 0.25) is 5.24 Å². The smallest absolute Gasteiger partial charge is 0.224 e. The number of nitrogen functional groups attached to an aromatic ring is 1. The Labute approximate surface area is 423 Å². The number of rotatable bonds is 12. The zero-order valence-electron chi connectivity index (χ0n) is 40.7. The van der Waals surface area contributed by atoms with Crippen molar-refractivity contribution in [1.29, 1.82) is 0 Å². The van der Waals surface area contributed by atoms with Crippen LogP contribution in [0.1, 0.15) is 107 Å². The number of ether oxygens (including phenoxy) is 2. The molecule has 15 nitrogen and oxygen atoms in total. The molecule has 6 aromatic heterocycles. The number of Topliss-reactive ketones (excluding diaryl/α,β-unsaturated/α-hetero) is 1. The number of nitrogens with two attached hydrogens (primary N) is 1. The molecular weight excluding hydrogens is 966 g/mol. The Kier molecular flexibility index (Phi) is 16.9. The average molecular weight is 1020 g/mol. The number of anilines is 1. The maximum absolute atomic E-state index is 15.4. The summed E-state index contributed by atoms with van der Waals surface area (Å²) in [7, 11) is 0. The van der Waals surface area contributed by atoms with Gasteiger partial charge in [0, 0.05) is 79.0 Å². The van der Waals surface area contributed by atoms with Crippen LogP contribution in [0.4, 0.5) is 23.2 Å². The number of halogens is 5. The largest absolute Gasteiger partial charge is 0.396 e. The van der Waals surface area contributed by atoms with Gasteiger partial charge in [-0.1, -0.05) is 33.8 Å². The fraction of sp³-hybridized carbons (Fsp3) is 0.358. The van der Waals surface area contributed by atoms with Gasteiger partial charge in [-0.3, -0.25) is 28.7 Å². The van der Waals surface area contributed by atoms with Gasteiger partial charge in [0.05, 0.1) is 29.7 Å². The molecule has 2 unspecified atom stereocenters. The van der Waals surface area contributed by atoms with Gasteiger partial charge >= 0.3 is 0 Å². The zero-order chi connectivity index (χ0) is 51.8. The first-order chi connectivity index (χ1) is 35.2. The van der Waals surface area contributed by atoms with E-state index in [1.165, 1.54) is 30.9 Å². The topological polar surface area (TPSA) is 192 Å². The Bertz CT molecular complexity index is 3250. The van der Waals surface area contributed by atoms with Crippen molar-refractivity contribution < 1.29 is 36.6 Å². The summed E-state index contributed by atoms with van der Waals surface area (Å²) < 4.78 is 74.6. The highest BCUT2D eigenvalue weighted by Gasteiger charge is 2.26. The predicted octanol–water partition coefficient (Wildman–Crippen LogP) is 10.7. The van der Waals surface area contributed by atoms with Crippen molar-refractivity contribution in [3.63, 3.8) is 0 Å². The molecule has 0 saturated carbocycles. The second-order valence-electron chi connectivity index (χ2n) is 18.3. The maximum Gasteiger partial charge on any atom is 0.224 e. The number of nitrogens with zero attached hydrogens (tertiary/aromatic N) is 10. The standard InChI is InChI=1S/C27H27F2N5O2.C22H20F2N6O.C4H7ClO/c1-16(2)22(35)12-17-8-9-20(28)19(24(17)29)13-21-18(6-5-10-30-21)25-26-27(32-14-31-25)34(15-33-26)23-7-3-4-11-36-23;23-15-6-7-16(25)19(24)14(15)10-17-13(4-3-8-26-17)20-21-22(28-11-27-20)30(12-29-21)18-5-1-2-9-31-18;1-3(2)4(5)6/h5-6,8-10,14-16,23H,3-4,7,11-13H2,1-2H3;3-4,6-8,11-12,18H,1-2,5,9-10,25H2;3H,1-2H3. The van der Waals surface area contributed by atoms with E-state index in [1.807, 2.05) is 21.3 Å². The molecular formula is C53H54ClF4N11O4. The van der Waals surface area contributed by atoms with Gasteiger partial charge < -0.3 is 15.2 Å². The quantitative estimate of drug-likeness (QED) is 0.0691. The van der Waals surface area contributed by atoms with Crippen molar-refractivity contribution in [3.8, 4) is 22.5 Å². The fourth-order valence-corrected chi connectivity index (χ4v) is 8.44. The van der Waals surface area contributed by atoms with E-state index in [4.69, 9.17) is 26.8 Å². The highest BCUT2D eigenvalue weighted by Crippen LogP contribution is 2.34. The third-order valence-electron chi connectivity index (χ3n) is 12.6. The van der Waals surface area contributed by atoms with Crippen molar-refractivity contribution in [2.75, 3.05) is 18.9 Å². The summed E-state index contributed by atoms with van der Waals surface area (Å²) in [6, 6.07) is 12.0. The lowest BCUT2D eigenvalue weighted by molar-refractivity contribution is -0.121. The van der Waals surface area contributed by atoms with E-state index in [2.05, 4.69) is 39.9 Å². The molecule has 0 radical (unpaired) electrons. The van der Waals surface area contributed by atoms with Gasteiger partial charge in [0.15, 0.2) is 17.1 Å². The van der Waals surface area contributed by atoms with Crippen LogP contribution in [0.15, 0.2) is 86.2 Å². The highest BCUT2D eigenvalue weighted by molar-refractivity contribution is 6.63. The molecule has 2 aliphatic heterocycles. The first-order valence-electron chi connectivity index (χ1n) is 24.1. The van der Waals surface area contributed by atoms with Gasteiger partial charge in [-0.15, -0.1) is 0 Å². The Morgan fingerprint density at radius 1 is 0.644 bits per heavy atom. The summed E-state index contributed by atoms with van der Waals surface area (Å²) >= 11 is 4.97. The predicted molar refractivity (Wildman–Crippen MR) is 267 cm³/mol. The van der Waals surface area contributed by atoms with Crippen molar-refractivity contribution in [3.05, 3.63) is 138 Å². The third kappa shape index (κ3) is 11.9. The number of pyridine rings is 2. The molecule has 2 aromatic carbocycles. The monoisotopic (exact) mass is 1020 g/mol. The molecule has 2 fully saturated rings. The van der Waals surface area contributed by atoms with Crippen LogP contribution in [0.2, 0.25) is 0 Å². The Hall–Kier alpha value is -7.09. The minimum Gasteiger partial charge on any atom is -0.396 e. The molecule has 0 spiro atoms. The van der Waals surface area contributed by atoms with E-state index >= 15 is 4.39 Å². The van der Waals surface area contributed by atoms with Crippen LogP contribution < -0.4 is 5.73 Å². The highest BCUT2D eigenvalue weighted by atomic mass is 35.5. The first-order valence-corrected chi connectivity index (χ1v) is 24.5. The molecule has 73 heavy (non-hydrogen) atoms. The number of benzene rings is 2. The summed E-state index contributed by atoms with van der Waals surface area (Å²) in [4.78, 5) is 57.7. The minimum atomic E-state index is -0.775. The Morgan fingerprint density at radius 3 is 1.58 bits per heavy atom. The summed E-state index contributed by atoms with van der Waals surface area (Å²) in [5.41, 5.74) is 11.1. The summed E-state index contributed by atoms with van der Waals surface area (Å²) in [6.45, 7) is 8.43. The minimum absolute atomic E-state index is 0.0216. The SMILES string of the molecule is CC(C)C(=O)Cc1ccc(F)c(Cc2ncccc2-c2ncnc3c2ncn3C2CCCCO2)c1F.CC(C)C(=O)Cl.Nc1ccc(F)c(Cc2ncccc2-c2ncnc3c2ncn3C2CCCCO2)c1F. The van der Waals surface area contributed by atoms with Crippen LogP contribution in [-0.2, 0) is 38.3 Å². The second kappa shape index (κ2) is 23.6. The van der Waals surface area contributed by atoms with Crippen molar-refractivity contribution in [1.82, 2.24) is 49.0 Å². The Morgan fingerprint density at radius 2 is 1.12 bits per heavy atom. The fourth-order valence-electron chi connectivity index (χ4n) is 8.44. The van der Waals surface area contributed by atoms with Gasteiger partial charge in [-0.2, -0.15) is 0 Å². The van der Waals surface area contributed by atoms with Crippen LogP contribution in [0.3, 0.4) is 0 Å². The number of ketones is 1. The molecule has 0 aliphatic carbocycles. The number of carbonyl (C=O) groups excluding carboxylic acids is 2. The summed E-state index contributed by atoms with van der Waals surface area (Å²) in [5.74, 6) is -3.21. The number of hydrogen-bond acceptors (Lipinski definition) is 13. The van der Waals surface area contributed by atoms with Crippen LogP contribution >= 0.6 is 11.6 Å². The van der Waals surface area contributed by atoms with Crippen LogP contribution in [-0.4, -0.2) is 73.2 Å². The number of aromatic nitrogens is 10. The lowest BCUT2D eigenvalue weighted by Gasteiger charge is -2.23. The zero-order valence-corrected chi connectivity index (χ0v) is 41.5. The molecule has 10 rings (SSSR count). The molecule has 0 bridgehead atoms. The molecule has 2 saturated heterocycles. The van der Waals surface area contributed by atoms with Gasteiger partial charge in [0.1, 0.15) is 70.8 Å². The summed E-state index contributed by atoms with van der Waals surface area (Å²) in [5, 5.41) is -0.269. The van der Waals surface area contributed by atoms with Crippen molar-refractivity contribution >= 4 is 50.6 Å². The van der Waals surface area contributed by atoms with Gasteiger partial charge in [0.25, 0.3) is 0 Å². The van der Waals surface area contributed by atoms with E-state index in [0.717, 1.165) is 44.6 Å². The van der Waals surface area contributed by atoms with Crippen molar-refractivity contribution in [2.45, 2.75) is 97.9 Å². The third-order valence-corrected chi connectivity index (χ3v) is 13.0. The normalized spacial score (nSPS) is 15.8. The lowest BCUT2D eigenvalue weighted by Crippen LogP contribution is -2.17. The van der Waals surface area contributed by atoms with Crippen LogP contribution in [0.5, 0.6) is 0 Å². The average Bonchev–Trinajstić information content (AvgIpc) is 4.05. The number of carbonyl (C=O) groups is 2. The van der Waals surface area contributed by atoms with Crippen LogP contribution in [0.25, 0.3) is 44.8 Å². The molecule has 20 heteroatoms. The number of fused-ring (bicyclic) bond motifs is 2.